The first-order valence-corrected chi connectivity index (χ1v) is 6.66. The van der Waals surface area contributed by atoms with Gasteiger partial charge in [0.05, 0.1) is 12.9 Å². The Bertz CT molecular complexity index is 206. The summed E-state index contributed by atoms with van der Waals surface area (Å²) in [7, 11) is 0. The van der Waals surface area contributed by atoms with Gasteiger partial charge in [0, 0.05) is 12.1 Å². The van der Waals surface area contributed by atoms with Crippen LogP contribution in [0.1, 0.15) is 6.42 Å². The maximum Gasteiger partial charge on any atom is 0.0657 e. The van der Waals surface area contributed by atoms with Gasteiger partial charge in [-0.1, -0.05) is 11.8 Å². The summed E-state index contributed by atoms with van der Waals surface area (Å²) in [6.07, 6.45) is 5.74. The van der Waals surface area contributed by atoms with E-state index in [1.807, 2.05) is 6.66 Å². The van der Waals surface area contributed by atoms with E-state index in [1.54, 1.807) is 0 Å². The number of hydrogen-bond donors (Lipinski definition) is 0. The fraction of sp³-hybridized carbons (Fsp3) is 0.714. The minimum atomic E-state index is -1.47. The largest absolute Gasteiger partial charge is 0.351 e. The first-order valence-electron chi connectivity index (χ1n) is 3.31. The van der Waals surface area contributed by atoms with Crippen LogP contribution >= 0.6 is 6.26 Å². The van der Waals surface area contributed by atoms with Crippen LogP contribution in [0.15, 0.2) is 0 Å². The molecule has 0 aromatic carbocycles. The van der Waals surface area contributed by atoms with E-state index in [2.05, 4.69) is 5.92 Å². The first kappa shape index (κ1) is 8.27. The molecule has 1 aliphatic heterocycles. The van der Waals surface area contributed by atoms with Gasteiger partial charge in [0.1, 0.15) is 0 Å². The summed E-state index contributed by atoms with van der Waals surface area (Å²) in [6.45, 7) is 2.79. The zero-order chi connectivity index (χ0) is 7.61. The Morgan fingerprint density at radius 1 is 1.80 bits per heavy atom. The lowest BCUT2D eigenvalue weighted by Gasteiger charge is -2.26. The molecule has 1 rings (SSSR count). The SMILES string of the molecule is C#CC1CCOP(C)(=S)C1. The van der Waals surface area contributed by atoms with Crippen LogP contribution in [0, 0.1) is 18.3 Å². The van der Waals surface area contributed by atoms with Crippen molar-refractivity contribution in [2.24, 2.45) is 5.92 Å². The van der Waals surface area contributed by atoms with Crippen LogP contribution in [0.4, 0.5) is 0 Å². The van der Waals surface area contributed by atoms with Gasteiger partial charge in [0.25, 0.3) is 0 Å². The maximum absolute atomic E-state index is 5.43. The van der Waals surface area contributed by atoms with Crippen molar-refractivity contribution in [3.05, 3.63) is 0 Å². The molecule has 56 valence electrons. The molecule has 1 saturated heterocycles. The minimum Gasteiger partial charge on any atom is -0.351 e. The van der Waals surface area contributed by atoms with Crippen molar-refractivity contribution in [2.75, 3.05) is 19.4 Å². The summed E-state index contributed by atoms with van der Waals surface area (Å²) in [5.41, 5.74) is 0. The summed E-state index contributed by atoms with van der Waals surface area (Å²) in [5, 5.41) is 0. The van der Waals surface area contributed by atoms with Crippen molar-refractivity contribution in [1.82, 2.24) is 0 Å². The van der Waals surface area contributed by atoms with Gasteiger partial charge in [-0.2, -0.15) is 0 Å². The average molecular weight is 174 g/mol. The van der Waals surface area contributed by atoms with Crippen LogP contribution < -0.4 is 0 Å². The molecule has 1 fully saturated rings. The predicted octanol–water partition coefficient (Wildman–Crippen LogP) is 1.68. The van der Waals surface area contributed by atoms with Gasteiger partial charge >= 0.3 is 0 Å². The Morgan fingerprint density at radius 3 is 2.90 bits per heavy atom. The van der Waals surface area contributed by atoms with Crippen LogP contribution in [-0.4, -0.2) is 19.4 Å². The zero-order valence-corrected chi connectivity index (χ0v) is 7.75. The Kier molecular flexibility index (Phi) is 2.52. The summed E-state index contributed by atoms with van der Waals surface area (Å²) in [5.74, 6) is 3.12. The molecule has 0 spiro atoms. The second-order valence-electron chi connectivity index (χ2n) is 2.68. The summed E-state index contributed by atoms with van der Waals surface area (Å²) < 4.78 is 5.43. The van der Waals surface area contributed by atoms with E-state index < -0.39 is 6.26 Å². The van der Waals surface area contributed by atoms with Crippen LogP contribution in [0.25, 0.3) is 0 Å². The molecular weight excluding hydrogens is 163 g/mol. The Hall–Kier alpha value is 0.170. The van der Waals surface area contributed by atoms with Crippen molar-refractivity contribution < 1.29 is 4.52 Å². The molecule has 0 aromatic heterocycles. The van der Waals surface area contributed by atoms with E-state index in [1.165, 1.54) is 0 Å². The highest BCUT2D eigenvalue weighted by atomic mass is 32.4. The standard InChI is InChI=1S/C7H11OPS/c1-3-7-4-5-8-9(2,10)6-7/h1,7H,4-6H2,2H3. The predicted molar refractivity (Wildman–Crippen MR) is 48.0 cm³/mol. The van der Waals surface area contributed by atoms with E-state index in [0.717, 1.165) is 19.2 Å². The molecule has 2 unspecified atom stereocenters. The lowest BCUT2D eigenvalue weighted by molar-refractivity contribution is 0.304. The van der Waals surface area contributed by atoms with Crippen LogP contribution in [-0.2, 0) is 16.3 Å². The molecule has 0 radical (unpaired) electrons. The van der Waals surface area contributed by atoms with E-state index in [-0.39, 0.29) is 0 Å². The van der Waals surface area contributed by atoms with Crippen molar-refractivity contribution >= 4 is 18.1 Å². The van der Waals surface area contributed by atoms with Gasteiger partial charge < -0.3 is 4.52 Å². The smallest absolute Gasteiger partial charge is 0.0657 e. The van der Waals surface area contributed by atoms with Crippen molar-refractivity contribution in [3.63, 3.8) is 0 Å². The second-order valence-corrected chi connectivity index (χ2v) is 7.65. The third kappa shape index (κ3) is 2.09. The van der Waals surface area contributed by atoms with Crippen LogP contribution in [0.3, 0.4) is 0 Å². The lowest BCUT2D eigenvalue weighted by atomic mass is 10.1. The van der Waals surface area contributed by atoms with E-state index >= 15 is 0 Å². The maximum atomic E-state index is 5.43. The fourth-order valence-corrected chi connectivity index (χ4v) is 3.52. The van der Waals surface area contributed by atoms with Gasteiger partial charge in [-0.3, -0.25) is 0 Å². The quantitative estimate of drug-likeness (QED) is 0.408. The fourth-order valence-electron chi connectivity index (χ4n) is 1.07. The third-order valence-corrected chi connectivity index (χ3v) is 4.21. The van der Waals surface area contributed by atoms with E-state index in [4.69, 9.17) is 22.8 Å². The Morgan fingerprint density at radius 2 is 2.50 bits per heavy atom. The molecule has 10 heavy (non-hydrogen) atoms. The molecule has 0 aromatic rings. The van der Waals surface area contributed by atoms with Crippen LogP contribution in [0.2, 0.25) is 0 Å². The van der Waals surface area contributed by atoms with Gasteiger partial charge in [-0.05, 0) is 13.1 Å². The number of rotatable bonds is 0. The summed E-state index contributed by atoms with van der Waals surface area (Å²) in [6, 6.07) is 0. The van der Waals surface area contributed by atoms with Gasteiger partial charge in [0.15, 0.2) is 0 Å². The minimum absolute atomic E-state index is 0.379. The average Bonchev–Trinajstić information content (AvgIpc) is 1.86. The molecule has 1 nitrogen and oxygen atoms in total. The lowest BCUT2D eigenvalue weighted by Crippen LogP contribution is -2.14. The van der Waals surface area contributed by atoms with Gasteiger partial charge in [0.2, 0.25) is 0 Å². The molecule has 3 heteroatoms. The Labute approximate surface area is 67.2 Å². The normalized spacial score (nSPS) is 40.6. The van der Waals surface area contributed by atoms with Crippen LogP contribution in [0.5, 0.6) is 0 Å². The molecule has 0 bridgehead atoms. The molecule has 1 aliphatic rings. The molecule has 0 aliphatic carbocycles. The molecule has 0 amide bonds. The first-order chi connectivity index (χ1) is 4.64. The highest BCUT2D eigenvalue weighted by molar-refractivity contribution is 8.11. The van der Waals surface area contributed by atoms with E-state index in [0.29, 0.717) is 5.92 Å². The summed E-state index contributed by atoms with van der Waals surface area (Å²) >= 11 is 5.23. The highest BCUT2D eigenvalue weighted by Gasteiger charge is 2.22. The third-order valence-electron chi connectivity index (χ3n) is 1.62. The molecule has 0 N–H and O–H groups in total. The number of hydrogen-bond acceptors (Lipinski definition) is 2. The van der Waals surface area contributed by atoms with E-state index in [9.17, 15) is 0 Å². The second kappa shape index (κ2) is 3.05. The highest BCUT2D eigenvalue weighted by Crippen LogP contribution is 2.48. The van der Waals surface area contributed by atoms with Crippen molar-refractivity contribution in [1.29, 1.82) is 0 Å². The monoisotopic (exact) mass is 174 g/mol. The molecule has 0 saturated carbocycles. The molecular formula is C7H11OPS. The van der Waals surface area contributed by atoms with Crippen molar-refractivity contribution in [2.45, 2.75) is 6.42 Å². The van der Waals surface area contributed by atoms with Gasteiger partial charge in [-0.25, -0.2) is 0 Å². The molecule has 1 heterocycles. The topological polar surface area (TPSA) is 9.23 Å². The van der Waals surface area contributed by atoms with Gasteiger partial charge in [-0.15, -0.1) is 12.3 Å². The number of terminal acetylenes is 1. The molecule has 2 atom stereocenters. The summed E-state index contributed by atoms with van der Waals surface area (Å²) in [4.78, 5) is 0. The Balaban J connectivity index is 2.58. The zero-order valence-electron chi connectivity index (χ0n) is 6.04. The van der Waals surface area contributed by atoms with Crippen molar-refractivity contribution in [3.8, 4) is 12.3 Å².